The lowest BCUT2D eigenvalue weighted by atomic mass is 10.0. The van der Waals surface area contributed by atoms with E-state index in [0.29, 0.717) is 5.75 Å². The first-order chi connectivity index (χ1) is 9.45. The van der Waals surface area contributed by atoms with E-state index in [1.54, 1.807) is 0 Å². The van der Waals surface area contributed by atoms with Crippen LogP contribution in [0, 0.1) is 0 Å². The second kappa shape index (κ2) is 5.00. The Balaban J connectivity index is 2.49. The van der Waals surface area contributed by atoms with Gasteiger partial charge in [-0.2, -0.15) is 0 Å². The molecule has 0 unspecified atom stereocenters. The number of carbonyl (C=O) groups excluding carboxylic acids is 1. The first-order valence-corrected chi connectivity index (χ1v) is 5.61. The fraction of sp³-hybridized carbons (Fsp3) is 0.0714. The minimum Gasteiger partial charge on any atom is -0.507 e. The van der Waals surface area contributed by atoms with Crippen molar-refractivity contribution in [3.8, 4) is 28.7 Å². The Morgan fingerprint density at radius 1 is 0.900 bits per heavy atom. The molecule has 6 nitrogen and oxygen atoms in total. The highest BCUT2D eigenvalue weighted by atomic mass is 16.5. The van der Waals surface area contributed by atoms with E-state index in [1.165, 1.54) is 25.3 Å². The third-order valence-corrected chi connectivity index (χ3v) is 2.82. The van der Waals surface area contributed by atoms with E-state index in [2.05, 4.69) is 0 Å². The number of phenolic OH excluding ortho intramolecular Hbond substituents is 4. The second-order valence-electron chi connectivity index (χ2n) is 4.04. The number of aromatic hydroxyl groups is 4. The lowest BCUT2D eigenvalue weighted by Crippen LogP contribution is -2.02. The summed E-state index contributed by atoms with van der Waals surface area (Å²) in [5.74, 6) is -2.72. The third-order valence-electron chi connectivity index (χ3n) is 2.82. The van der Waals surface area contributed by atoms with Gasteiger partial charge in [0.2, 0.25) is 11.5 Å². The summed E-state index contributed by atoms with van der Waals surface area (Å²) in [4.78, 5) is 12.2. The Bertz CT molecular complexity index is 678. The van der Waals surface area contributed by atoms with Crippen molar-refractivity contribution in [2.75, 3.05) is 7.11 Å². The normalized spacial score (nSPS) is 10.2. The Morgan fingerprint density at radius 3 is 2.15 bits per heavy atom. The molecule has 0 bridgehead atoms. The van der Waals surface area contributed by atoms with Crippen LogP contribution < -0.4 is 4.74 Å². The Morgan fingerprint density at radius 2 is 1.55 bits per heavy atom. The number of hydrogen-bond acceptors (Lipinski definition) is 6. The molecular weight excluding hydrogens is 264 g/mol. The monoisotopic (exact) mass is 276 g/mol. The molecule has 0 saturated carbocycles. The van der Waals surface area contributed by atoms with Crippen LogP contribution in [0.3, 0.4) is 0 Å². The van der Waals surface area contributed by atoms with Crippen LogP contribution in [-0.2, 0) is 0 Å². The Labute approximate surface area is 114 Å². The van der Waals surface area contributed by atoms with Crippen LogP contribution in [0.15, 0.2) is 30.3 Å². The molecule has 6 heteroatoms. The summed E-state index contributed by atoms with van der Waals surface area (Å²) in [7, 11) is 1.42. The highest BCUT2D eigenvalue weighted by Crippen LogP contribution is 2.38. The predicted octanol–water partition coefficient (Wildman–Crippen LogP) is 1.75. The molecule has 2 aromatic rings. The summed E-state index contributed by atoms with van der Waals surface area (Å²) < 4.78 is 4.90. The minimum atomic E-state index is -0.788. The largest absolute Gasteiger partial charge is 0.507 e. The molecule has 0 saturated heterocycles. The molecule has 2 aromatic carbocycles. The van der Waals surface area contributed by atoms with E-state index >= 15 is 0 Å². The van der Waals surface area contributed by atoms with Crippen LogP contribution in [0.25, 0.3) is 0 Å². The summed E-state index contributed by atoms with van der Waals surface area (Å²) in [5.41, 5.74) is -0.299. The minimum absolute atomic E-state index is 0.0637. The molecule has 0 atom stereocenters. The molecule has 0 radical (unpaired) electrons. The van der Waals surface area contributed by atoms with Crippen molar-refractivity contribution in [2.45, 2.75) is 0 Å². The highest BCUT2D eigenvalue weighted by Gasteiger charge is 2.21. The maximum Gasteiger partial charge on any atom is 0.201 e. The number of methoxy groups -OCH3 is 1. The van der Waals surface area contributed by atoms with E-state index < -0.39 is 23.0 Å². The van der Waals surface area contributed by atoms with Gasteiger partial charge in [0.25, 0.3) is 0 Å². The van der Waals surface area contributed by atoms with Crippen molar-refractivity contribution >= 4 is 5.78 Å². The van der Waals surface area contributed by atoms with Gasteiger partial charge in [-0.25, -0.2) is 0 Å². The first-order valence-electron chi connectivity index (χ1n) is 5.61. The van der Waals surface area contributed by atoms with Gasteiger partial charge in [0.15, 0.2) is 11.5 Å². The van der Waals surface area contributed by atoms with Crippen LogP contribution in [0.2, 0.25) is 0 Å². The summed E-state index contributed by atoms with van der Waals surface area (Å²) in [5, 5.41) is 38.1. The quantitative estimate of drug-likeness (QED) is 0.502. The van der Waals surface area contributed by atoms with E-state index in [-0.39, 0.29) is 16.9 Å². The smallest absolute Gasteiger partial charge is 0.201 e. The van der Waals surface area contributed by atoms with Crippen LogP contribution in [-0.4, -0.2) is 33.3 Å². The number of benzene rings is 2. The molecule has 20 heavy (non-hydrogen) atoms. The molecule has 0 fully saturated rings. The fourth-order valence-electron chi connectivity index (χ4n) is 1.73. The lowest BCUT2D eigenvalue weighted by Gasteiger charge is -2.09. The van der Waals surface area contributed by atoms with Gasteiger partial charge in [0, 0.05) is 6.07 Å². The van der Waals surface area contributed by atoms with E-state index in [0.717, 1.165) is 12.1 Å². The fourth-order valence-corrected chi connectivity index (χ4v) is 1.73. The molecule has 0 spiro atoms. The number of hydrogen-bond donors (Lipinski definition) is 4. The highest BCUT2D eigenvalue weighted by molar-refractivity contribution is 6.12. The molecule has 0 heterocycles. The SMILES string of the molecule is COc1ccc(C(=O)c2ccc(O)c(O)c2O)c(O)c1. The lowest BCUT2D eigenvalue weighted by molar-refractivity contribution is 0.103. The summed E-state index contributed by atoms with van der Waals surface area (Å²) in [6.07, 6.45) is 0. The van der Waals surface area contributed by atoms with Crippen molar-refractivity contribution in [3.05, 3.63) is 41.5 Å². The summed E-state index contributed by atoms with van der Waals surface area (Å²) in [6, 6.07) is 6.29. The zero-order chi connectivity index (χ0) is 14.9. The predicted molar refractivity (Wildman–Crippen MR) is 69.5 cm³/mol. The molecule has 2 rings (SSSR count). The maximum atomic E-state index is 12.2. The van der Waals surface area contributed by atoms with E-state index in [4.69, 9.17) is 4.74 Å². The van der Waals surface area contributed by atoms with Crippen molar-refractivity contribution < 1.29 is 30.0 Å². The standard InChI is InChI=1S/C14H12O6/c1-20-7-2-3-8(11(16)6-7)12(17)9-4-5-10(15)14(19)13(9)18/h2-6,15-16,18-19H,1H3. The van der Waals surface area contributed by atoms with Gasteiger partial charge >= 0.3 is 0 Å². The molecule has 104 valence electrons. The molecule has 0 aliphatic heterocycles. The van der Waals surface area contributed by atoms with Crippen LogP contribution in [0.1, 0.15) is 15.9 Å². The van der Waals surface area contributed by atoms with Crippen LogP contribution >= 0.6 is 0 Å². The molecule has 0 amide bonds. The first kappa shape index (κ1) is 13.5. The van der Waals surface area contributed by atoms with E-state index in [1.807, 2.05) is 0 Å². The average Bonchev–Trinajstić information content (AvgIpc) is 2.44. The van der Waals surface area contributed by atoms with Crippen molar-refractivity contribution in [1.29, 1.82) is 0 Å². The van der Waals surface area contributed by atoms with Crippen molar-refractivity contribution in [2.24, 2.45) is 0 Å². The van der Waals surface area contributed by atoms with E-state index in [9.17, 15) is 25.2 Å². The number of phenols is 4. The van der Waals surface area contributed by atoms with Gasteiger partial charge < -0.3 is 25.2 Å². The Kier molecular flexibility index (Phi) is 3.39. The van der Waals surface area contributed by atoms with Gasteiger partial charge in [-0.15, -0.1) is 0 Å². The van der Waals surface area contributed by atoms with Crippen LogP contribution in [0.5, 0.6) is 28.7 Å². The van der Waals surface area contributed by atoms with Crippen molar-refractivity contribution in [1.82, 2.24) is 0 Å². The second-order valence-corrected chi connectivity index (χ2v) is 4.04. The molecule has 4 N–H and O–H groups in total. The zero-order valence-corrected chi connectivity index (χ0v) is 10.5. The number of ketones is 1. The van der Waals surface area contributed by atoms with Gasteiger partial charge in [-0.05, 0) is 24.3 Å². The molecular formula is C14H12O6. The number of carbonyl (C=O) groups is 1. The topological polar surface area (TPSA) is 107 Å². The number of rotatable bonds is 3. The third kappa shape index (κ3) is 2.18. The Hall–Kier alpha value is -2.89. The summed E-state index contributed by atoms with van der Waals surface area (Å²) in [6.45, 7) is 0. The molecule has 0 aliphatic carbocycles. The zero-order valence-electron chi connectivity index (χ0n) is 10.5. The van der Waals surface area contributed by atoms with Gasteiger partial charge in [-0.3, -0.25) is 4.79 Å². The average molecular weight is 276 g/mol. The van der Waals surface area contributed by atoms with Gasteiger partial charge in [0.1, 0.15) is 11.5 Å². The summed E-state index contributed by atoms with van der Waals surface area (Å²) >= 11 is 0. The molecule has 0 aliphatic rings. The van der Waals surface area contributed by atoms with Crippen molar-refractivity contribution in [3.63, 3.8) is 0 Å². The van der Waals surface area contributed by atoms with Gasteiger partial charge in [0.05, 0.1) is 18.2 Å². The maximum absolute atomic E-state index is 12.2. The number of ether oxygens (including phenoxy) is 1. The molecule has 0 aromatic heterocycles. The van der Waals surface area contributed by atoms with Gasteiger partial charge in [-0.1, -0.05) is 0 Å². The van der Waals surface area contributed by atoms with Crippen LogP contribution in [0.4, 0.5) is 0 Å².